The highest BCUT2D eigenvalue weighted by Gasteiger charge is 1.89. The largest absolute Gasteiger partial charge is 0.122 e. The van der Waals surface area contributed by atoms with Crippen molar-refractivity contribution in [2.24, 2.45) is 0 Å². The van der Waals surface area contributed by atoms with Gasteiger partial charge in [-0.15, -0.1) is 11.6 Å². The zero-order valence-corrected chi connectivity index (χ0v) is 8.36. The molecule has 0 aliphatic carbocycles. The molecule has 0 aromatic heterocycles. The lowest BCUT2D eigenvalue weighted by atomic mass is 10.1. The SMILES string of the molecule is C/C(=C\c1ccc(Cl)cc1)CCl. The summed E-state index contributed by atoms with van der Waals surface area (Å²) in [6.45, 7) is 2.00. The number of halogens is 2. The van der Waals surface area contributed by atoms with Gasteiger partial charge in [-0.2, -0.15) is 0 Å². The smallest absolute Gasteiger partial charge is 0.0434 e. The molecule has 0 spiro atoms. The second kappa shape index (κ2) is 4.54. The van der Waals surface area contributed by atoms with Gasteiger partial charge in [0.25, 0.3) is 0 Å². The molecule has 2 heteroatoms. The third-order valence-corrected chi connectivity index (χ3v) is 2.17. The molecule has 0 saturated heterocycles. The Kier molecular flexibility index (Phi) is 3.64. The van der Waals surface area contributed by atoms with Crippen LogP contribution in [0.25, 0.3) is 6.08 Å². The van der Waals surface area contributed by atoms with Crippen molar-refractivity contribution in [3.05, 3.63) is 40.4 Å². The monoisotopic (exact) mass is 200 g/mol. The standard InChI is InChI=1S/C10H10Cl2/c1-8(7-11)6-9-2-4-10(12)5-3-9/h2-6H,7H2,1H3/b8-6+. The molecule has 0 unspecified atom stereocenters. The summed E-state index contributed by atoms with van der Waals surface area (Å²) in [6, 6.07) is 7.68. The molecule has 1 aromatic rings. The number of rotatable bonds is 2. The highest BCUT2D eigenvalue weighted by molar-refractivity contribution is 6.30. The Morgan fingerprint density at radius 3 is 2.42 bits per heavy atom. The Labute approximate surface area is 82.8 Å². The molecule has 0 fully saturated rings. The molecule has 0 heterocycles. The summed E-state index contributed by atoms with van der Waals surface area (Å²) in [5.41, 5.74) is 2.29. The first-order valence-corrected chi connectivity index (χ1v) is 4.62. The molecule has 0 amide bonds. The van der Waals surface area contributed by atoms with Crippen molar-refractivity contribution < 1.29 is 0 Å². The molecular formula is C10H10Cl2. The van der Waals surface area contributed by atoms with Gasteiger partial charge in [0.1, 0.15) is 0 Å². The second-order valence-electron chi connectivity index (χ2n) is 2.68. The predicted octanol–water partition coefficient (Wildman–Crippen LogP) is 3.98. The second-order valence-corrected chi connectivity index (χ2v) is 3.38. The quantitative estimate of drug-likeness (QED) is 0.634. The molecule has 0 N–H and O–H groups in total. The van der Waals surface area contributed by atoms with Gasteiger partial charge in [0.2, 0.25) is 0 Å². The number of allylic oxidation sites excluding steroid dienone is 1. The van der Waals surface area contributed by atoms with Crippen molar-refractivity contribution >= 4 is 29.3 Å². The van der Waals surface area contributed by atoms with E-state index in [1.165, 1.54) is 0 Å². The lowest BCUT2D eigenvalue weighted by Gasteiger charge is -1.95. The van der Waals surface area contributed by atoms with Crippen LogP contribution in [0.5, 0.6) is 0 Å². The average Bonchev–Trinajstić information content (AvgIpc) is 2.09. The first-order valence-electron chi connectivity index (χ1n) is 3.71. The zero-order chi connectivity index (χ0) is 8.97. The van der Waals surface area contributed by atoms with Gasteiger partial charge in [0, 0.05) is 10.9 Å². The van der Waals surface area contributed by atoms with E-state index in [0.29, 0.717) is 5.88 Å². The van der Waals surface area contributed by atoms with Gasteiger partial charge in [-0.3, -0.25) is 0 Å². The Morgan fingerprint density at radius 2 is 1.92 bits per heavy atom. The highest BCUT2D eigenvalue weighted by Crippen LogP contribution is 2.12. The molecule has 0 nitrogen and oxygen atoms in total. The minimum absolute atomic E-state index is 0.572. The summed E-state index contributed by atoms with van der Waals surface area (Å²) in [7, 11) is 0. The van der Waals surface area contributed by atoms with Crippen LogP contribution in [-0.4, -0.2) is 5.88 Å². The molecule has 0 aliphatic heterocycles. The van der Waals surface area contributed by atoms with E-state index in [-0.39, 0.29) is 0 Å². The van der Waals surface area contributed by atoms with Crippen molar-refractivity contribution in [3.63, 3.8) is 0 Å². The van der Waals surface area contributed by atoms with E-state index in [0.717, 1.165) is 16.2 Å². The number of alkyl halides is 1. The van der Waals surface area contributed by atoms with E-state index in [1.807, 2.05) is 37.3 Å². The van der Waals surface area contributed by atoms with E-state index in [4.69, 9.17) is 23.2 Å². The van der Waals surface area contributed by atoms with Gasteiger partial charge in [-0.25, -0.2) is 0 Å². The fourth-order valence-corrected chi connectivity index (χ4v) is 1.09. The van der Waals surface area contributed by atoms with Gasteiger partial charge >= 0.3 is 0 Å². The summed E-state index contributed by atoms with van der Waals surface area (Å²) < 4.78 is 0. The lowest BCUT2D eigenvalue weighted by molar-refractivity contribution is 1.43. The van der Waals surface area contributed by atoms with Crippen LogP contribution in [0.2, 0.25) is 5.02 Å². The van der Waals surface area contributed by atoms with Crippen LogP contribution in [0.1, 0.15) is 12.5 Å². The minimum Gasteiger partial charge on any atom is -0.122 e. The maximum atomic E-state index is 5.74. The first-order chi connectivity index (χ1) is 5.72. The van der Waals surface area contributed by atoms with Crippen LogP contribution in [0.4, 0.5) is 0 Å². The van der Waals surface area contributed by atoms with E-state index >= 15 is 0 Å². The van der Waals surface area contributed by atoms with Gasteiger partial charge in [-0.1, -0.05) is 35.4 Å². The number of hydrogen-bond donors (Lipinski definition) is 0. The van der Waals surface area contributed by atoms with Gasteiger partial charge in [0.15, 0.2) is 0 Å². The van der Waals surface area contributed by atoms with Crippen molar-refractivity contribution in [1.82, 2.24) is 0 Å². The molecule has 0 radical (unpaired) electrons. The third kappa shape index (κ3) is 2.88. The minimum atomic E-state index is 0.572. The van der Waals surface area contributed by atoms with Crippen LogP contribution >= 0.6 is 23.2 Å². The van der Waals surface area contributed by atoms with Gasteiger partial charge in [-0.05, 0) is 24.6 Å². The first kappa shape index (κ1) is 9.63. The van der Waals surface area contributed by atoms with Crippen molar-refractivity contribution in [3.8, 4) is 0 Å². The van der Waals surface area contributed by atoms with E-state index in [1.54, 1.807) is 0 Å². The number of hydrogen-bond acceptors (Lipinski definition) is 0. The Morgan fingerprint density at radius 1 is 1.33 bits per heavy atom. The molecule has 64 valence electrons. The summed E-state index contributed by atoms with van der Waals surface area (Å²) in [5.74, 6) is 0.572. The maximum Gasteiger partial charge on any atom is 0.0434 e. The Bertz CT molecular complexity index is 272. The summed E-state index contributed by atoms with van der Waals surface area (Å²) in [6.07, 6.45) is 2.04. The van der Waals surface area contributed by atoms with Crippen LogP contribution in [0, 0.1) is 0 Å². The molecule has 0 aliphatic rings. The maximum absolute atomic E-state index is 5.74. The highest BCUT2D eigenvalue weighted by atomic mass is 35.5. The van der Waals surface area contributed by atoms with E-state index in [2.05, 4.69) is 0 Å². The van der Waals surface area contributed by atoms with Crippen LogP contribution < -0.4 is 0 Å². The van der Waals surface area contributed by atoms with Crippen LogP contribution in [0.15, 0.2) is 29.8 Å². The summed E-state index contributed by atoms with van der Waals surface area (Å²) in [5, 5.41) is 0.760. The van der Waals surface area contributed by atoms with Crippen LogP contribution in [0.3, 0.4) is 0 Å². The molecule has 1 rings (SSSR count). The van der Waals surface area contributed by atoms with Crippen molar-refractivity contribution in [1.29, 1.82) is 0 Å². The van der Waals surface area contributed by atoms with Gasteiger partial charge in [0.05, 0.1) is 0 Å². The number of benzene rings is 1. The van der Waals surface area contributed by atoms with Crippen molar-refractivity contribution in [2.45, 2.75) is 6.92 Å². The topological polar surface area (TPSA) is 0 Å². The molecule has 0 atom stereocenters. The van der Waals surface area contributed by atoms with Crippen LogP contribution in [-0.2, 0) is 0 Å². The molecule has 0 saturated carbocycles. The van der Waals surface area contributed by atoms with Crippen molar-refractivity contribution in [2.75, 3.05) is 5.88 Å². The molecule has 12 heavy (non-hydrogen) atoms. The zero-order valence-electron chi connectivity index (χ0n) is 6.85. The molecule has 0 bridgehead atoms. The lowest BCUT2D eigenvalue weighted by Crippen LogP contribution is -1.77. The third-order valence-electron chi connectivity index (χ3n) is 1.49. The Hall–Kier alpha value is -0.460. The Balaban J connectivity index is 2.84. The summed E-state index contributed by atoms with van der Waals surface area (Å²) in [4.78, 5) is 0. The molecule has 1 aromatic carbocycles. The summed E-state index contributed by atoms with van der Waals surface area (Å²) >= 11 is 11.4. The predicted molar refractivity (Wildman–Crippen MR) is 55.8 cm³/mol. The fraction of sp³-hybridized carbons (Fsp3) is 0.200. The van der Waals surface area contributed by atoms with Gasteiger partial charge < -0.3 is 0 Å². The average molecular weight is 201 g/mol. The molecular weight excluding hydrogens is 191 g/mol. The van der Waals surface area contributed by atoms with E-state index < -0.39 is 0 Å². The normalized spacial score (nSPS) is 11.8. The fourth-order valence-electron chi connectivity index (χ4n) is 0.882. The van der Waals surface area contributed by atoms with E-state index in [9.17, 15) is 0 Å².